The fourth-order valence-corrected chi connectivity index (χ4v) is 3.39. The third-order valence-electron chi connectivity index (χ3n) is 4.53. The number of aryl methyl sites for hydroxylation is 1. The normalized spacial score (nSPS) is 17.0. The fraction of sp³-hybridized carbons (Fsp3) is 0.350. The highest BCUT2D eigenvalue weighted by atomic mass is 16.2. The maximum absolute atomic E-state index is 12.7. The third-order valence-corrected chi connectivity index (χ3v) is 4.53. The molecule has 0 spiro atoms. The second-order valence-electron chi connectivity index (χ2n) is 6.78. The van der Waals surface area contributed by atoms with E-state index in [4.69, 9.17) is 0 Å². The van der Waals surface area contributed by atoms with Gasteiger partial charge in [0.15, 0.2) is 0 Å². The molecule has 1 N–H and O–H groups in total. The van der Waals surface area contributed by atoms with Crippen molar-refractivity contribution in [1.29, 1.82) is 0 Å². The first-order chi connectivity index (χ1) is 12.4. The van der Waals surface area contributed by atoms with Crippen molar-refractivity contribution in [3.05, 3.63) is 58.9 Å². The summed E-state index contributed by atoms with van der Waals surface area (Å²) in [5, 5.41) is 7.51. The maximum atomic E-state index is 12.7. The number of rotatable bonds is 3. The van der Waals surface area contributed by atoms with Crippen LogP contribution in [0.15, 0.2) is 42.0 Å². The van der Waals surface area contributed by atoms with Gasteiger partial charge in [-0.1, -0.05) is 23.8 Å². The molecular formula is C20H24N4O2. The van der Waals surface area contributed by atoms with Gasteiger partial charge in [-0.25, -0.2) is 4.68 Å². The highest BCUT2D eigenvalue weighted by Crippen LogP contribution is 2.30. The Kier molecular flexibility index (Phi) is 4.93. The van der Waals surface area contributed by atoms with Crippen LogP contribution in [-0.4, -0.2) is 39.6 Å². The van der Waals surface area contributed by atoms with Crippen molar-refractivity contribution in [2.24, 2.45) is 0 Å². The Morgan fingerprint density at radius 1 is 1.23 bits per heavy atom. The Bertz CT molecular complexity index is 863. The number of piperazine rings is 1. The van der Waals surface area contributed by atoms with Crippen LogP contribution in [0.5, 0.6) is 0 Å². The minimum Gasteiger partial charge on any atom is -0.352 e. The van der Waals surface area contributed by atoms with Crippen LogP contribution in [-0.2, 0) is 9.59 Å². The Balaban J connectivity index is 2.08. The van der Waals surface area contributed by atoms with Gasteiger partial charge in [0.25, 0.3) is 0 Å². The van der Waals surface area contributed by atoms with Crippen molar-refractivity contribution < 1.29 is 9.59 Å². The highest BCUT2D eigenvalue weighted by molar-refractivity contribution is 5.95. The predicted molar refractivity (Wildman–Crippen MR) is 99.9 cm³/mol. The maximum Gasteiger partial charge on any atom is 0.247 e. The van der Waals surface area contributed by atoms with Crippen molar-refractivity contribution in [1.82, 2.24) is 20.0 Å². The molecule has 2 aromatic rings. The van der Waals surface area contributed by atoms with Gasteiger partial charge < -0.3 is 10.2 Å². The van der Waals surface area contributed by atoms with Crippen molar-refractivity contribution in [3.8, 4) is 5.69 Å². The average molecular weight is 352 g/mol. The molecule has 6 heteroatoms. The van der Waals surface area contributed by atoms with Gasteiger partial charge in [0.05, 0.1) is 11.4 Å². The number of nitrogens with one attached hydrogen (secondary N) is 1. The van der Waals surface area contributed by atoms with Gasteiger partial charge >= 0.3 is 0 Å². The van der Waals surface area contributed by atoms with Crippen LogP contribution in [0.2, 0.25) is 0 Å². The van der Waals surface area contributed by atoms with Crippen LogP contribution >= 0.6 is 0 Å². The molecule has 1 atom stereocenters. The van der Waals surface area contributed by atoms with E-state index in [9.17, 15) is 9.59 Å². The average Bonchev–Trinajstić information content (AvgIpc) is 2.89. The summed E-state index contributed by atoms with van der Waals surface area (Å²) in [6, 6.07) is 9.12. The van der Waals surface area contributed by atoms with E-state index in [1.54, 1.807) is 11.0 Å². The molecule has 3 rings (SSSR count). The highest BCUT2D eigenvalue weighted by Gasteiger charge is 2.37. The molecule has 1 unspecified atom stereocenters. The standard InChI is InChI=1S/C20H24N4O2/c1-13(2)12-17(25)23-11-10-21-20(26)19(23)18-14(3)22-24(15(18)4)16-8-6-5-7-9-16/h5-9,12,19H,10-11H2,1-4H3,(H,21,26). The quantitative estimate of drug-likeness (QED) is 0.863. The Morgan fingerprint density at radius 3 is 2.58 bits per heavy atom. The summed E-state index contributed by atoms with van der Waals surface area (Å²) >= 11 is 0. The monoisotopic (exact) mass is 352 g/mol. The number of hydrogen-bond donors (Lipinski definition) is 1. The number of aromatic nitrogens is 2. The number of hydrogen-bond acceptors (Lipinski definition) is 3. The largest absolute Gasteiger partial charge is 0.352 e. The molecular weight excluding hydrogens is 328 g/mol. The topological polar surface area (TPSA) is 67.2 Å². The molecule has 2 heterocycles. The van der Waals surface area contributed by atoms with Gasteiger partial charge in [0, 0.05) is 30.4 Å². The molecule has 1 aliphatic rings. The van der Waals surface area contributed by atoms with E-state index in [1.807, 2.05) is 62.7 Å². The van der Waals surface area contributed by atoms with Crippen LogP contribution in [0.25, 0.3) is 5.69 Å². The Labute approximate surface area is 153 Å². The van der Waals surface area contributed by atoms with Crippen LogP contribution in [0.4, 0.5) is 0 Å². The summed E-state index contributed by atoms with van der Waals surface area (Å²) in [5.41, 5.74) is 4.25. The first kappa shape index (κ1) is 17.9. The zero-order valence-corrected chi connectivity index (χ0v) is 15.6. The smallest absolute Gasteiger partial charge is 0.247 e. The number of carbonyl (C=O) groups excluding carboxylic acids is 2. The number of allylic oxidation sites excluding steroid dienone is 1. The minimum absolute atomic E-state index is 0.142. The van der Waals surface area contributed by atoms with E-state index in [1.165, 1.54) is 0 Å². The third kappa shape index (κ3) is 3.27. The van der Waals surface area contributed by atoms with E-state index in [0.29, 0.717) is 13.1 Å². The lowest BCUT2D eigenvalue weighted by molar-refractivity contribution is -0.140. The van der Waals surface area contributed by atoms with E-state index < -0.39 is 6.04 Å². The molecule has 0 saturated carbocycles. The fourth-order valence-electron chi connectivity index (χ4n) is 3.39. The van der Waals surface area contributed by atoms with Gasteiger partial charge in [0.1, 0.15) is 6.04 Å². The van der Waals surface area contributed by atoms with Crippen LogP contribution in [0, 0.1) is 13.8 Å². The lowest BCUT2D eigenvalue weighted by Crippen LogP contribution is -2.52. The summed E-state index contributed by atoms with van der Waals surface area (Å²) in [5.74, 6) is -0.304. The summed E-state index contributed by atoms with van der Waals surface area (Å²) in [7, 11) is 0. The number of nitrogens with zero attached hydrogens (tertiary/aromatic N) is 3. The lowest BCUT2D eigenvalue weighted by atomic mass is 10.00. The van der Waals surface area contributed by atoms with Crippen molar-refractivity contribution >= 4 is 11.8 Å². The summed E-state index contributed by atoms with van der Waals surface area (Å²) in [4.78, 5) is 27.0. The zero-order valence-electron chi connectivity index (χ0n) is 15.6. The zero-order chi connectivity index (χ0) is 18.8. The van der Waals surface area contributed by atoms with Gasteiger partial charge in [-0.15, -0.1) is 0 Å². The molecule has 1 aromatic heterocycles. The number of para-hydroxylation sites is 1. The molecule has 26 heavy (non-hydrogen) atoms. The van der Waals surface area contributed by atoms with E-state index in [0.717, 1.165) is 28.2 Å². The molecule has 0 bridgehead atoms. The second-order valence-corrected chi connectivity index (χ2v) is 6.78. The van der Waals surface area contributed by atoms with E-state index in [2.05, 4.69) is 10.4 Å². The van der Waals surface area contributed by atoms with E-state index >= 15 is 0 Å². The molecule has 1 fully saturated rings. The molecule has 136 valence electrons. The van der Waals surface area contributed by atoms with Gasteiger partial charge in [-0.3, -0.25) is 9.59 Å². The van der Waals surface area contributed by atoms with Crippen molar-refractivity contribution in [2.75, 3.05) is 13.1 Å². The molecule has 6 nitrogen and oxygen atoms in total. The van der Waals surface area contributed by atoms with Crippen molar-refractivity contribution in [2.45, 2.75) is 33.7 Å². The Morgan fingerprint density at radius 2 is 1.92 bits per heavy atom. The molecule has 0 radical (unpaired) electrons. The molecule has 0 aliphatic carbocycles. The molecule has 1 saturated heterocycles. The van der Waals surface area contributed by atoms with Crippen LogP contribution < -0.4 is 5.32 Å². The van der Waals surface area contributed by atoms with Gasteiger partial charge in [-0.05, 0) is 39.8 Å². The number of amides is 2. The summed E-state index contributed by atoms with van der Waals surface area (Å²) < 4.78 is 1.83. The lowest BCUT2D eigenvalue weighted by Gasteiger charge is -2.35. The summed E-state index contributed by atoms with van der Waals surface area (Å²) in [6.07, 6.45) is 1.58. The SMILES string of the molecule is CC(C)=CC(=O)N1CCNC(=O)C1c1c(C)nn(-c2ccccc2)c1C. The van der Waals surface area contributed by atoms with Crippen molar-refractivity contribution in [3.63, 3.8) is 0 Å². The molecule has 1 aliphatic heterocycles. The second kappa shape index (κ2) is 7.15. The molecule has 2 amide bonds. The number of carbonyl (C=O) groups is 2. The van der Waals surface area contributed by atoms with Crippen LogP contribution in [0.1, 0.15) is 36.8 Å². The summed E-state index contributed by atoms with van der Waals surface area (Å²) in [6.45, 7) is 8.51. The van der Waals surface area contributed by atoms with Gasteiger partial charge in [0.2, 0.25) is 11.8 Å². The first-order valence-corrected chi connectivity index (χ1v) is 8.75. The predicted octanol–water partition coefficient (Wildman–Crippen LogP) is 2.45. The van der Waals surface area contributed by atoms with E-state index in [-0.39, 0.29) is 11.8 Å². The molecule has 1 aromatic carbocycles. The van der Waals surface area contributed by atoms with Crippen LogP contribution in [0.3, 0.4) is 0 Å². The Hall–Kier alpha value is -2.89. The first-order valence-electron chi connectivity index (χ1n) is 8.75. The minimum atomic E-state index is -0.663. The number of benzene rings is 1. The van der Waals surface area contributed by atoms with Gasteiger partial charge in [-0.2, -0.15) is 5.10 Å².